The van der Waals surface area contributed by atoms with Crippen LogP contribution >= 0.6 is 0 Å². The molecule has 30 heavy (non-hydrogen) atoms. The van der Waals surface area contributed by atoms with Gasteiger partial charge >= 0.3 is 5.97 Å². The molecule has 7 nitrogen and oxygen atoms in total. The lowest BCUT2D eigenvalue weighted by molar-refractivity contribution is 0.0697. The number of rotatable bonds is 3. The summed E-state index contributed by atoms with van der Waals surface area (Å²) in [6.07, 6.45) is 4.07. The van der Waals surface area contributed by atoms with Crippen LogP contribution in [-0.4, -0.2) is 30.6 Å². The Morgan fingerprint density at radius 1 is 1.07 bits per heavy atom. The van der Waals surface area contributed by atoms with Crippen molar-refractivity contribution in [2.75, 3.05) is 0 Å². The molecule has 0 aliphatic rings. The summed E-state index contributed by atoms with van der Waals surface area (Å²) in [5.74, 6) is -1.68. The quantitative estimate of drug-likeness (QED) is 0.560. The van der Waals surface area contributed by atoms with Crippen molar-refractivity contribution in [3.63, 3.8) is 0 Å². The van der Waals surface area contributed by atoms with Gasteiger partial charge in [-0.05, 0) is 41.3 Å². The first kappa shape index (κ1) is 19.5. The largest absolute Gasteiger partial charge is 0.478 e. The van der Waals surface area contributed by atoms with Crippen molar-refractivity contribution < 1.29 is 14.3 Å². The number of benzene rings is 2. The van der Waals surface area contributed by atoms with E-state index in [-0.39, 0.29) is 16.4 Å². The molecule has 0 saturated heterocycles. The SMILES string of the molecule is CC(C)(C)c1cc(F)c2c(=O)n(-c3cccc(-n4cc(C(=O)O)cn4)c3)ncc2c1. The second-order valence-electron chi connectivity index (χ2n) is 8.03. The van der Waals surface area contributed by atoms with Crippen LogP contribution in [0.5, 0.6) is 0 Å². The summed E-state index contributed by atoms with van der Waals surface area (Å²) in [6.45, 7) is 5.91. The second-order valence-corrected chi connectivity index (χ2v) is 8.03. The standard InChI is InChI=1S/C22H19FN4O3/c1-22(2,3)15-7-13-10-25-27(20(28)19(13)18(23)8-15)17-6-4-5-16(9-17)26-12-14(11-24-26)21(29)30/h4-12H,1-3H3,(H,29,30). The van der Waals surface area contributed by atoms with Gasteiger partial charge in [0, 0.05) is 11.6 Å². The Kier molecular flexibility index (Phi) is 4.49. The average Bonchev–Trinajstić information content (AvgIpc) is 3.18. The summed E-state index contributed by atoms with van der Waals surface area (Å²) in [6, 6.07) is 9.86. The summed E-state index contributed by atoms with van der Waals surface area (Å²) < 4.78 is 17.3. The maximum atomic E-state index is 14.8. The van der Waals surface area contributed by atoms with E-state index in [1.807, 2.05) is 20.8 Å². The van der Waals surface area contributed by atoms with Crippen molar-refractivity contribution in [1.82, 2.24) is 19.6 Å². The summed E-state index contributed by atoms with van der Waals surface area (Å²) >= 11 is 0. The van der Waals surface area contributed by atoms with E-state index in [1.54, 1.807) is 30.3 Å². The summed E-state index contributed by atoms with van der Waals surface area (Å²) in [7, 11) is 0. The zero-order chi connectivity index (χ0) is 21.6. The van der Waals surface area contributed by atoms with E-state index in [9.17, 15) is 14.0 Å². The molecule has 0 saturated carbocycles. The first-order valence-electron chi connectivity index (χ1n) is 9.26. The third kappa shape index (κ3) is 3.36. The van der Waals surface area contributed by atoms with Crippen LogP contribution in [-0.2, 0) is 5.41 Å². The molecule has 2 aromatic heterocycles. The molecule has 0 amide bonds. The Morgan fingerprint density at radius 2 is 1.80 bits per heavy atom. The van der Waals surface area contributed by atoms with Crippen LogP contribution in [0.15, 0.2) is 59.8 Å². The molecule has 0 fully saturated rings. The van der Waals surface area contributed by atoms with Crippen LogP contribution in [0.4, 0.5) is 4.39 Å². The van der Waals surface area contributed by atoms with Gasteiger partial charge in [0.25, 0.3) is 5.56 Å². The van der Waals surface area contributed by atoms with Gasteiger partial charge in [-0.15, -0.1) is 0 Å². The first-order valence-corrected chi connectivity index (χ1v) is 9.26. The van der Waals surface area contributed by atoms with Crippen LogP contribution in [0.1, 0.15) is 36.7 Å². The Bertz CT molecular complexity index is 1350. The molecule has 1 N–H and O–H groups in total. The third-order valence-corrected chi connectivity index (χ3v) is 4.87. The second kappa shape index (κ2) is 6.91. The predicted molar refractivity (Wildman–Crippen MR) is 110 cm³/mol. The summed E-state index contributed by atoms with van der Waals surface area (Å²) in [5, 5.41) is 17.7. The Balaban J connectivity index is 1.84. The molecule has 0 unspecified atom stereocenters. The van der Waals surface area contributed by atoms with Crippen molar-refractivity contribution in [2.45, 2.75) is 26.2 Å². The van der Waals surface area contributed by atoms with Crippen molar-refractivity contribution in [3.8, 4) is 11.4 Å². The van der Waals surface area contributed by atoms with Crippen molar-refractivity contribution in [2.24, 2.45) is 0 Å². The van der Waals surface area contributed by atoms with Crippen molar-refractivity contribution in [3.05, 3.63) is 82.3 Å². The minimum Gasteiger partial charge on any atom is -0.478 e. The molecule has 2 heterocycles. The number of hydrogen-bond acceptors (Lipinski definition) is 4. The molecule has 2 aromatic carbocycles. The summed E-state index contributed by atoms with van der Waals surface area (Å²) in [4.78, 5) is 24.1. The molecule has 0 aliphatic heterocycles. The lowest BCUT2D eigenvalue weighted by Gasteiger charge is -2.19. The highest BCUT2D eigenvalue weighted by Crippen LogP contribution is 2.27. The van der Waals surface area contributed by atoms with E-state index in [4.69, 9.17) is 5.11 Å². The topological polar surface area (TPSA) is 90.0 Å². The number of hydrogen-bond donors (Lipinski definition) is 1. The van der Waals surface area contributed by atoms with Gasteiger partial charge in [-0.1, -0.05) is 26.8 Å². The lowest BCUT2D eigenvalue weighted by atomic mass is 9.86. The van der Waals surface area contributed by atoms with Gasteiger partial charge in [0.2, 0.25) is 0 Å². The fourth-order valence-electron chi connectivity index (χ4n) is 3.19. The first-order chi connectivity index (χ1) is 14.1. The average molecular weight is 406 g/mol. The maximum Gasteiger partial charge on any atom is 0.338 e. The number of aromatic carboxylic acids is 1. The number of fused-ring (bicyclic) bond motifs is 1. The molecule has 4 rings (SSSR count). The minimum absolute atomic E-state index is 0.0318. The van der Waals surface area contributed by atoms with Gasteiger partial charge in [-0.2, -0.15) is 14.9 Å². The van der Waals surface area contributed by atoms with Gasteiger partial charge in [-0.3, -0.25) is 4.79 Å². The van der Waals surface area contributed by atoms with E-state index in [0.29, 0.717) is 16.8 Å². The molecule has 4 aromatic rings. The molecular formula is C22H19FN4O3. The van der Waals surface area contributed by atoms with Gasteiger partial charge in [0.1, 0.15) is 5.82 Å². The maximum absolute atomic E-state index is 14.8. The Morgan fingerprint density at radius 3 is 2.47 bits per heavy atom. The van der Waals surface area contributed by atoms with Crippen LogP contribution in [0.25, 0.3) is 22.1 Å². The molecule has 8 heteroatoms. The van der Waals surface area contributed by atoms with Crippen molar-refractivity contribution >= 4 is 16.7 Å². The fraction of sp³-hybridized carbons (Fsp3) is 0.182. The van der Waals surface area contributed by atoms with Crippen molar-refractivity contribution in [1.29, 1.82) is 0 Å². The van der Waals surface area contributed by atoms with E-state index in [0.717, 1.165) is 10.2 Å². The number of aromatic nitrogens is 4. The Labute approximate surface area is 171 Å². The van der Waals surface area contributed by atoms with Gasteiger partial charge in [0.15, 0.2) is 0 Å². The minimum atomic E-state index is -1.09. The van der Waals surface area contributed by atoms with Gasteiger partial charge < -0.3 is 5.11 Å². The van der Waals surface area contributed by atoms with E-state index in [1.165, 1.54) is 29.3 Å². The van der Waals surface area contributed by atoms with Crippen LogP contribution in [0.2, 0.25) is 0 Å². The highest BCUT2D eigenvalue weighted by Gasteiger charge is 2.19. The number of carbonyl (C=O) groups is 1. The van der Waals surface area contributed by atoms with Gasteiger partial charge in [0.05, 0.1) is 34.7 Å². The smallest absolute Gasteiger partial charge is 0.338 e. The summed E-state index contributed by atoms with van der Waals surface area (Å²) in [5.41, 5.74) is 0.925. The van der Waals surface area contributed by atoms with E-state index >= 15 is 0 Å². The highest BCUT2D eigenvalue weighted by molar-refractivity contribution is 5.87. The third-order valence-electron chi connectivity index (χ3n) is 4.87. The number of nitrogens with zero attached hydrogens (tertiary/aromatic N) is 4. The molecule has 0 radical (unpaired) electrons. The molecule has 0 aliphatic carbocycles. The highest BCUT2D eigenvalue weighted by atomic mass is 19.1. The zero-order valence-electron chi connectivity index (χ0n) is 16.6. The molecule has 0 atom stereocenters. The van der Waals surface area contributed by atoms with E-state index in [2.05, 4.69) is 10.2 Å². The Hall–Kier alpha value is -3.81. The zero-order valence-corrected chi connectivity index (χ0v) is 16.6. The lowest BCUT2D eigenvalue weighted by Crippen LogP contribution is -2.22. The molecule has 0 bridgehead atoms. The van der Waals surface area contributed by atoms with Crippen LogP contribution in [0, 0.1) is 5.82 Å². The molecular weight excluding hydrogens is 387 g/mol. The van der Waals surface area contributed by atoms with Crippen LogP contribution in [0.3, 0.4) is 0 Å². The monoisotopic (exact) mass is 406 g/mol. The number of carboxylic acid groups (broad SMARTS) is 1. The normalized spacial score (nSPS) is 11.7. The van der Waals surface area contributed by atoms with E-state index < -0.39 is 17.3 Å². The molecule has 0 spiro atoms. The van der Waals surface area contributed by atoms with Crippen LogP contribution < -0.4 is 5.56 Å². The van der Waals surface area contributed by atoms with Gasteiger partial charge in [-0.25, -0.2) is 13.9 Å². The number of halogens is 1. The fourth-order valence-corrected chi connectivity index (χ4v) is 3.19. The number of carboxylic acids is 1. The molecule has 152 valence electrons. The predicted octanol–water partition coefficient (Wildman–Crippen LogP) is 3.71.